The molecule has 1 N–H and O–H groups in total. The van der Waals surface area contributed by atoms with Gasteiger partial charge >= 0.3 is 5.97 Å². The fourth-order valence-corrected chi connectivity index (χ4v) is 4.07. The third kappa shape index (κ3) is 6.93. The minimum absolute atomic E-state index is 0.0293. The summed E-state index contributed by atoms with van der Waals surface area (Å²) in [6, 6.07) is 14.2. The lowest BCUT2D eigenvalue weighted by Crippen LogP contribution is -2.41. The van der Waals surface area contributed by atoms with Crippen LogP contribution < -0.4 is 9.47 Å². The summed E-state index contributed by atoms with van der Waals surface area (Å²) in [5, 5.41) is 10.3. The summed E-state index contributed by atoms with van der Waals surface area (Å²) in [5.74, 6) is 0.982. The molecule has 4 atom stereocenters. The monoisotopic (exact) mass is 456 g/mol. The molecule has 4 unspecified atom stereocenters. The third-order valence-corrected chi connectivity index (χ3v) is 5.82. The van der Waals surface area contributed by atoms with Crippen molar-refractivity contribution in [3.8, 4) is 11.5 Å². The number of aliphatic hydroxyl groups is 1. The lowest BCUT2D eigenvalue weighted by atomic mass is 10.0. The number of rotatable bonds is 8. The molecule has 7 nitrogen and oxygen atoms in total. The van der Waals surface area contributed by atoms with Crippen LogP contribution >= 0.6 is 0 Å². The zero-order valence-electron chi connectivity index (χ0n) is 19.2. The molecule has 2 heterocycles. The van der Waals surface area contributed by atoms with E-state index in [-0.39, 0.29) is 18.7 Å². The Labute approximate surface area is 194 Å². The smallest absolute Gasteiger partial charge is 0.302 e. The van der Waals surface area contributed by atoms with Gasteiger partial charge in [0.15, 0.2) is 0 Å². The molecule has 33 heavy (non-hydrogen) atoms. The summed E-state index contributed by atoms with van der Waals surface area (Å²) < 4.78 is 28.8. The Kier molecular flexibility index (Phi) is 7.85. The first-order valence-electron chi connectivity index (χ1n) is 11.5. The van der Waals surface area contributed by atoms with Crippen molar-refractivity contribution in [3.63, 3.8) is 0 Å². The Morgan fingerprint density at radius 1 is 1.12 bits per heavy atom. The highest BCUT2D eigenvalue weighted by atomic mass is 16.7. The molecule has 0 spiro atoms. The van der Waals surface area contributed by atoms with E-state index in [0.29, 0.717) is 44.0 Å². The Balaban J connectivity index is 1.52. The van der Waals surface area contributed by atoms with Crippen LogP contribution in [0.15, 0.2) is 42.5 Å². The predicted molar refractivity (Wildman–Crippen MR) is 121 cm³/mol. The molecule has 0 aliphatic carbocycles. The number of aryl methyl sites for hydroxylation is 1. The molecule has 2 aromatic rings. The number of hydrogen-bond donors (Lipinski definition) is 1. The number of ether oxygens (including phenoxy) is 5. The van der Waals surface area contributed by atoms with Gasteiger partial charge in [0.25, 0.3) is 0 Å². The van der Waals surface area contributed by atoms with Gasteiger partial charge in [-0.05, 0) is 24.1 Å². The molecule has 2 aliphatic heterocycles. The van der Waals surface area contributed by atoms with Crippen LogP contribution in [-0.4, -0.2) is 55.5 Å². The SMILES string of the molecule is CC(=O)OCC1CC(O)CC(Oc2cc(OC3CCOC3)ccc2Cc2ccc(C)cc2)O1. The van der Waals surface area contributed by atoms with Crippen LogP contribution in [-0.2, 0) is 25.4 Å². The molecule has 0 aromatic heterocycles. The lowest BCUT2D eigenvalue weighted by Gasteiger charge is -2.33. The first kappa shape index (κ1) is 23.5. The summed E-state index contributed by atoms with van der Waals surface area (Å²) in [7, 11) is 0. The maximum absolute atomic E-state index is 11.2. The first-order chi connectivity index (χ1) is 15.9. The summed E-state index contributed by atoms with van der Waals surface area (Å²) in [6.07, 6.45) is 0.637. The number of carbonyl (C=O) groups is 1. The Morgan fingerprint density at radius 2 is 1.94 bits per heavy atom. The van der Waals surface area contributed by atoms with E-state index in [1.165, 1.54) is 18.1 Å². The second-order valence-corrected chi connectivity index (χ2v) is 8.77. The van der Waals surface area contributed by atoms with Gasteiger partial charge in [0.05, 0.1) is 25.4 Å². The highest BCUT2D eigenvalue weighted by Crippen LogP contribution is 2.32. The van der Waals surface area contributed by atoms with Crippen molar-refractivity contribution in [2.45, 2.75) is 64.1 Å². The van der Waals surface area contributed by atoms with Gasteiger partial charge in [-0.15, -0.1) is 0 Å². The highest BCUT2D eigenvalue weighted by Gasteiger charge is 2.31. The van der Waals surface area contributed by atoms with Gasteiger partial charge in [-0.2, -0.15) is 0 Å². The van der Waals surface area contributed by atoms with Crippen LogP contribution in [0, 0.1) is 6.92 Å². The summed E-state index contributed by atoms with van der Waals surface area (Å²) >= 11 is 0. The van der Waals surface area contributed by atoms with Crippen LogP contribution in [0.2, 0.25) is 0 Å². The van der Waals surface area contributed by atoms with Crippen LogP contribution in [0.5, 0.6) is 11.5 Å². The quantitative estimate of drug-likeness (QED) is 0.608. The molecule has 178 valence electrons. The standard InChI is InChI=1S/C26H32O7/c1-17-3-5-19(6-4-17)11-20-7-8-22(31-23-9-10-29-15-23)14-25(20)33-26-13-21(28)12-24(32-26)16-30-18(2)27/h3-8,14,21,23-24,26,28H,9-13,15-16H2,1-2H3. The third-order valence-electron chi connectivity index (χ3n) is 5.82. The number of esters is 1. The van der Waals surface area contributed by atoms with Crippen LogP contribution in [0.4, 0.5) is 0 Å². The summed E-state index contributed by atoms with van der Waals surface area (Å²) in [5.41, 5.74) is 3.37. The molecular weight excluding hydrogens is 424 g/mol. The second-order valence-electron chi connectivity index (χ2n) is 8.77. The van der Waals surface area contributed by atoms with E-state index in [2.05, 4.69) is 31.2 Å². The molecule has 0 radical (unpaired) electrons. The Hall–Kier alpha value is -2.61. The fraction of sp³-hybridized carbons (Fsp3) is 0.500. The number of benzene rings is 2. The van der Waals surface area contributed by atoms with Gasteiger partial charge in [0, 0.05) is 38.7 Å². The minimum Gasteiger partial charge on any atom is -0.488 e. The summed E-state index contributed by atoms with van der Waals surface area (Å²) in [6.45, 7) is 4.79. The number of hydrogen-bond acceptors (Lipinski definition) is 7. The van der Waals surface area contributed by atoms with E-state index in [1.54, 1.807) is 0 Å². The van der Waals surface area contributed by atoms with Crippen molar-refractivity contribution in [1.29, 1.82) is 0 Å². The van der Waals surface area contributed by atoms with Crippen molar-refractivity contribution < 1.29 is 33.6 Å². The van der Waals surface area contributed by atoms with E-state index in [4.69, 9.17) is 23.7 Å². The second kappa shape index (κ2) is 11.0. The van der Waals surface area contributed by atoms with Crippen molar-refractivity contribution in [2.24, 2.45) is 0 Å². The maximum Gasteiger partial charge on any atom is 0.302 e. The number of carbonyl (C=O) groups excluding carboxylic acids is 1. The van der Waals surface area contributed by atoms with E-state index >= 15 is 0 Å². The van der Waals surface area contributed by atoms with Crippen molar-refractivity contribution >= 4 is 5.97 Å². The molecule has 2 saturated heterocycles. The van der Waals surface area contributed by atoms with Gasteiger partial charge in [-0.1, -0.05) is 35.9 Å². The molecule has 0 amide bonds. The van der Waals surface area contributed by atoms with Gasteiger partial charge in [0.1, 0.15) is 24.2 Å². The van der Waals surface area contributed by atoms with E-state index in [0.717, 1.165) is 12.0 Å². The highest BCUT2D eigenvalue weighted by molar-refractivity contribution is 5.65. The maximum atomic E-state index is 11.2. The van der Waals surface area contributed by atoms with Crippen LogP contribution in [0.1, 0.15) is 42.9 Å². The molecule has 2 aromatic carbocycles. The van der Waals surface area contributed by atoms with E-state index in [1.807, 2.05) is 18.2 Å². The minimum atomic E-state index is -0.656. The zero-order valence-corrected chi connectivity index (χ0v) is 19.2. The van der Waals surface area contributed by atoms with Gasteiger partial charge < -0.3 is 28.8 Å². The predicted octanol–water partition coefficient (Wildman–Crippen LogP) is 3.56. The van der Waals surface area contributed by atoms with Crippen LogP contribution in [0.25, 0.3) is 0 Å². The lowest BCUT2D eigenvalue weighted by molar-refractivity contribution is -0.192. The molecule has 2 aliphatic rings. The molecule has 0 bridgehead atoms. The van der Waals surface area contributed by atoms with Gasteiger partial charge in [-0.3, -0.25) is 4.79 Å². The molecule has 7 heteroatoms. The van der Waals surface area contributed by atoms with Gasteiger partial charge in [0.2, 0.25) is 6.29 Å². The topological polar surface area (TPSA) is 83.5 Å². The van der Waals surface area contributed by atoms with Crippen LogP contribution in [0.3, 0.4) is 0 Å². The molecule has 4 rings (SSSR count). The largest absolute Gasteiger partial charge is 0.488 e. The molecular formula is C26H32O7. The Bertz CT molecular complexity index is 921. The van der Waals surface area contributed by atoms with E-state index < -0.39 is 18.5 Å². The van der Waals surface area contributed by atoms with Crippen molar-refractivity contribution in [1.82, 2.24) is 0 Å². The van der Waals surface area contributed by atoms with Crippen molar-refractivity contribution in [2.75, 3.05) is 19.8 Å². The normalized spacial score (nSPS) is 24.9. The van der Waals surface area contributed by atoms with Crippen molar-refractivity contribution in [3.05, 3.63) is 59.2 Å². The number of aliphatic hydroxyl groups excluding tert-OH is 1. The average molecular weight is 457 g/mol. The Morgan fingerprint density at radius 3 is 2.67 bits per heavy atom. The van der Waals surface area contributed by atoms with Gasteiger partial charge in [-0.25, -0.2) is 0 Å². The zero-order chi connectivity index (χ0) is 23.2. The molecule has 0 saturated carbocycles. The summed E-state index contributed by atoms with van der Waals surface area (Å²) in [4.78, 5) is 11.2. The first-order valence-corrected chi connectivity index (χ1v) is 11.5. The van der Waals surface area contributed by atoms with E-state index in [9.17, 15) is 9.90 Å². The average Bonchev–Trinajstić information content (AvgIpc) is 3.28. The molecule has 2 fully saturated rings. The fourth-order valence-electron chi connectivity index (χ4n) is 4.07.